The molecule has 3 aromatic rings. The summed E-state index contributed by atoms with van der Waals surface area (Å²) in [6, 6.07) is 10.5. The van der Waals surface area contributed by atoms with Gasteiger partial charge >= 0.3 is 0 Å². The summed E-state index contributed by atoms with van der Waals surface area (Å²) >= 11 is 1.77. The Bertz CT molecular complexity index is 765. The van der Waals surface area contributed by atoms with Crippen LogP contribution in [-0.4, -0.2) is 16.2 Å². The van der Waals surface area contributed by atoms with Gasteiger partial charge in [-0.15, -0.1) is 16.4 Å². The molecule has 0 aliphatic carbocycles. The van der Waals surface area contributed by atoms with Crippen LogP contribution in [0.25, 0.3) is 10.2 Å². The Hall–Kier alpha value is -1.98. The molecule has 1 atom stereocenters. The molecule has 2 aromatic heterocycles. The molecule has 1 aromatic carbocycles. The molecular formula is C17H20N4S. The summed E-state index contributed by atoms with van der Waals surface area (Å²) in [6.45, 7) is 4.91. The third kappa shape index (κ3) is 3.10. The van der Waals surface area contributed by atoms with E-state index in [0.29, 0.717) is 0 Å². The molecule has 0 saturated carbocycles. The van der Waals surface area contributed by atoms with Crippen molar-refractivity contribution in [1.82, 2.24) is 10.2 Å². The largest absolute Gasteiger partial charge is 0.378 e. The topological polar surface area (TPSA) is 63.8 Å². The van der Waals surface area contributed by atoms with Gasteiger partial charge in [0.1, 0.15) is 5.52 Å². The van der Waals surface area contributed by atoms with E-state index in [1.54, 1.807) is 17.5 Å². The van der Waals surface area contributed by atoms with E-state index in [1.807, 2.05) is 25.1 Å². The van der Waals surface area contributed by atoms with E-state index in [0.717, 1.165) is 24.2 Å². The number of anilines is 1. The van der Waals surface area contributed by atoms with E-state index in [4.69, 9.17) is 5.73 Å². The minimum atomic E-state index is 0.153. The van der Waals surface area contributed by atoms with Crippen molar-refractivity contribution < 1.29 is 0 Å². The molecule has 22 heavy (non-hydrogen) atoms. The van der Waals surface area contributed by atoms with Gasteiger partial charge in [-0.2, -0.15) is 5.10 Å². The van der Waals surface area contributed by atoms with Crippen molar-refractivity contribution in [2.24, 2.45) is 5.73 Å². The zero-order valence-electron chi connectivity index (χ0n) is 12.8. The third-order valence-electron chi connectivity index (χ3n) is 3.64. The number of nitrogens with two attached hydrogens (primary N) is 1. The second-order valence-electron chi connectivity index (χ2n) is 5.61. The number of benzene rings is 1. The lowest BCUT2D eigenvalue weighted by Crippen LogP contribution is -2.17. The van der Waals surface area contributed by atoms with Crippen molar-refractivity contribution in [2.75, 3.05) is 5.32 Å². The van der Waals surface area contributed by atoms with Gasteiger partial charge in [-0.05, 0) is 31.4 Å². The SMILES string of the molecule is Cc1c(C[C@H](C)N)sc2c(NCc3ccccc3)cnnc12. The molecule has 0 spiro atoms. The first-order chi connectivity index (χ1) is 10.6. The Balaban J connectivity index is 1.89. The van der Waals surface area contributed by atoms with Crippen LogP contribution in [0.2, 0.25) is 0 Å². The van der Waals surface area contributed by atoms with Gasteiger partial charge in [-0.1, -0.05) is 30.3 Å². The Kier molecular flexibility index (Phi) is 4.36. The Labute approximate surface area is 134 Å². The standard InChI is InChI=1S/C17H20N4S/c1-11(18)8-15-12(2)16-17(22-15)14(10-20-21-16)19-9-13-6-4-3-5-7-13/h3-7,10-11H,8-9,18H2,1-2H3,(H,19,21)/t11-/m0/s1. The fourth-order valence-corrected chi connectivity index (χ4v) is 3.83. The molecule has 0 aliphatic heterocycles. The number of hydrogen-bond acceptors (Lipinski definition) is 5. The van der Waals surface area contributed by atoms with Gasteiger partial charge in [0.2, 0.25) is 0 Å². The van der Waals surface area contributed by atoms with Crippen LogP contribution in [0.4, 0.5) is 5.69 Å². The smallest absolute Gasteiger partial charge is 0.109 e. The van der Waals surface area contributed by atoms with Crippen molar-refractivity contribution in [3.05, 3.63) is 52.5 Å². The number of nitrogens with one attached hydrogen (secondary N) is 1. The van der Waals surface area contributed by atoms with E-state index < -0.39 is 0 Å². The van der Waals surface area contributed by atoms with Crippen LogP contribution in [0.5, 0.6) is 0 Å². The maximum Gasteiger partial charge on any atom is 0.109 e. The Morgan fingerprint density at radius 2 is 2.05 bits per heavy atom. The van der Waals surface area contributed by atoms with Crippen LogP contribution in [-0.2, 0) is 13.0 Å². The normalized spacial score (nSPS) is 12.5. The minimum Gasteiger partial charge on any atom is -0.378 e. The number of hydrogen-bond donors (Lipinski definition) is 2. The molecule has 0 radical (unpaired) electrons. The number of fused-ring (bicyclic) bond motifs is 1. The lowest BCUT2D eigenvalue weighted by molar-refractivity contribution is 0.744. The number of nitrogens with zero attached hydrogens (tertiary/aromatic N) is 2. The van der Waals surface area contributed by atoms with Crippen molar-refractivity contribution in [3.63, 3.8) is 0 Å². The van der Waals surface area contributed by atoms with Gasteiger partial charge < -0.3 is 11.1 Å². The molecule has 5 heteroatoms. The summed E-state index contributed by atoms with van der Waals surface area (Å²) in [5, 5.41) is 11.9. The fourth-order valence-electron chi connectivity index (χ4n) is 2.46. The lowest BCUT2D eigenvalue weighted by Gasteiger charge is -2.06. The lowest BCUT2D eigenvalue weighted by atomic mass is 10.1. The molecule has 0 aliphatic rings. The van der Waals surface area contributed by atoms with Gasteiger partial charge in [-0.3, -0.25) is 0 Å². The zero-order valence-corrected chi connectivity index (χ0v) is 13.7. The Morgan fingerprint density at radius 3 is 2.77 bits per heavy atom. The fraction of sp³-hybridized carbons (Fsp3) is 0.294. The second-order valence-corrected chi connectivity index (χ2v) is 6.71. The molecule has 0 unspecified atom stereocenters. The molecule has 114 valence electrons. The first-order valence-corrected chi connectivity index (χ1v) is 8.24. The Morgan fingerprint density at radius 1 is 1.27 bits per heavy atom. The predicted molar refractivity (Wildman–Crippen MR) is 93.3 cm³/mol. The molecule has 0 amide bonds. The first kappa shape index (κ1) is 14.9. The highest BCUT2D eigenvalue weighted by Crippen LogP contribution is 2.34. The van der Waals surface area contributed by atoms with Crippen molar-refractivity contribution in [2.45, 2.75) is 32.9 Å². The van der Waals surface area contributed by atoms with Gasteiger partial charge in [0.25, 0.3) is 0 Å². The maximum absolute atomic E-state index is 5.94. The maximum atomic E-state index is 5.94. The number of aryl methyl sites for hydroxylation is 1. The summed E-state index contributed by atoms with van der Waals surface area (Å²) < 4.78 is 1.17. The van der Waals surface area contributed by atoms with Gasteiger partial charge in [0.15, 0.2) is 0 Å². The van der Waals surface area contributed by atoms with Crippen molar-refractivity contribution in [3.8, 4) is 0 Å². The van der Waals surface area contributed by atoms with Crippen LogP contribution in [0.15, 0.2) is 36.5 Å². The summed E-state index contributed by atoms with van der Waals surface area (Å²) in [4.78, 5) is 1.30. The molecule has 3 rings (SSSR count). The summed E-state index contributed by atoms with van der Waals surface area (Å²) in [5.74, 6) is 0. The monoisotopic (exact) mass is 312 g/mol. The van der Waals surface area contributed by atoms with Gasteiger partial charge in [0, 0.05) is 17.5 Å². The molecule has 0 fully saturated rings. The number of aromatic nitrogens is 2. The van der Waals surface area contributed by atoms with Crippen molar-refractivity contribution in [1.29, 1.82) is 0 Å². The van der Waals surface area contributed by atoms with Crippen LogP contribution in [0, 0.1) is 6.92 Å². The van der Waals surface area contributed by atoms with Gasteiger partial charge in [0.05, 0.1) is 16.6 Å². The molecule has 0 bridgehead atoms. The molecule has 0 saturated heterocycles. The van der Waals surface area contributed by atoms with Crippen LogP contribution < -0.4 is 11.1 Å². The van der Waals surface area contributed by atoms with Gasteiger partial charge in [-0.25, -0.2) is 0 Å². The molecule has 4 nitrogen and oxygen atoms in total. The highest BCUT2D eigenvalue weighted by atomic mass is 32.1. The highest BCUT2D eigenvalue weighted by molar-refractivity contribution is 7.19. The highest BCUT2D eigenvalue weighted by Gasteiger charge is 2.14. The summed E-state index contributed by atoms with van der Waals surface area (Å²) in [5.41, 5.74) is 10.4. The van der Waals surface area contributed by atoms with E-state index in [1.165, 1.54) is 20.7 Å². The van der Waals surface area contributed by atoms with E-state index in [2.05, 4.69) is 34.6 Å². The quantitative estimate of drug-likeness (QED) is 0.757. The minimum absolute atomic E-state index is 0.153. The predicted octanol–water partition coefficient (Wildman–Crippen LogP) is 3.50. The average molecular weight is 312 g/mol. The van der Waals surface area contributed by atoms with E-state index in [-0.39, 0.29) is 6.04 Å². The molecular weight excluding hydrogens is 292 g/mol. The molecule has 2 heterocycles. The van der Waals surface area contributed by atoms with E-state index in [9.17, 15) is 0 Å². The zero-order chi connectivity index (χ0) is 15.5. The van der Waals surface area contributed by atoms with Crippen LogP contribution in [0.3, 0.4) is 0 Å². The van der Waals surface area contributed by atoms with Crippen molar-refractivity contribution >= 4 is 27.2 Å². The molecule has 3 N–H and O–H groups in total. The second kappa shape index (κ2) is 6.42. The average Bonchev–Trinajstić information content (AvgIpc) is 2.83. The first-order valence-electron chi connectivity index (χ1n) is 7.42. The number of thiophene rings is 1. The summed E-state index contributed by atoms with van der Waals surface area (Å²) in [7, 11) is 0. The number of rotatable bonds is 5. The third-order valence-corrected chi connectivity index (χ3v) is 4.97. The van der Waals surface area contributed by atoms with E-state index >= 15 is 0 Å². The summed E-state index contributed by atoms with van der Waals surface area (Å²) in [6.07, 6.45) is 2.68. The van der Waals surface area contributed by atoms with Crippen LogP contribution >= 0.6 is 11.3 Å². The van der Waals surface area contributed by atoms with Crippen LogP contribution in [0.1, 0.15) is 22.9 Å².